The summed E-state index contributed by atoms with van der Waals surface area (Å²) >= 11 is 9.87. The molecular formula is C20H14BrClN2O3S. The van der Waals surface area contributed by atoms with Crippen molar-refractivity contribution in [3.05, 3.63) is 80.6 Å². The van der Waals surface area contributed by atoms with Gasteiger partial charge in [0, 0.05) is 10.7 Å². The second-order valence-electron chi connectivity index (χ2n) is 5.88. The van der Waals surface area contributed by atoms with Gasteiger partial charge in [-0.15, -0.1) is 0 Å². The lowest BCUT2D eigenvalue weighted by molar-refractivity contribution is -0.123. The molecule has 2 aromatic carbocycles. The number of halogens is 2. The molecule has 5 nitrogen and oxygen atoms in total. The molecule has 1 aliphatic rings. The molecule has 0 spiro atoms. The fourth-order valence-electron chi connectivity index (χ4n) is 2.51. The molecule has 0 saturated carbocycles. The average molecular weight is 478 g/mol. The lowest BCUT2D eigenvalue weighted by atomic mass is 10.1. The van der Waals surface area contributed by atoms with Crippen molar-refractivity contribution in [1.29, 1.82) is 0 Å². The van der Waals surface area contributed by atoms with E-state index >= 15 is 0 Å². The molecule has 1 heterocycles. The summed E-state index contributed by atoms with van der Waals surface area (Å²) in [5.74, 6) is -0.725. The van der Waals surface area contributed by atoms with Gasteiger partial charge in [-0.2, -0.15) is 0 Å². The molecule has 142 valence electrons. The predicted molar refractivity (Wildman–Crippen MR) is 116 cm³/mol. The molecule has 1 aliphatic heterocycles. The first-order valence-corrected chi connectivity index (χ1v) is 10.1. The van der Waals surface area contributed by atoms with E-state index in [9.17, 15) is 14.4 Å². The summed E-state index contributed by atoms with van der Waals surface area (Å²) in [5.41, 5.74) is 2.01. The Balaban J connectivity index is 1.78. The zero-order valence-corrected chi connectivity index (χ0v) is 17.6. The van der Waals surface area contributed by atoms with Crippen LogP contribution in [0.3, 0.4) is 0 Å². The minimum Gasteiger partial charge on any atom is -0.322 e. The highest BCUT2D eigenvalue weighted by Crippen LogP contribution is 2.33. The molecule has 0 radical (unpaired) electrons. The number of anilines is 1. The molecule has 0 atom stereocenters. The minimum absolute atomic E-state index is 0.159. The Hall–Kier alpha value is -2.35. The van der Waals surface area contributed by atoms with E-state index in [1.165, 1.54) is 4.90 Å². The summed E-state index contributed by atoms with van der Waals surface area (Å²) < 4.78 is 0.208. The molecular weight excluding hydrogens is 464 g/mol. The van der Waals surface area contributed by atoms with Gasteiger partial charge in [-0.3, -0.25) is 19.3 Å². The Labute approximate surface area is 179 Å². The summed E-state index contributed by atoms with van der Waals surface area (Å²) in [6.45, 7) is 3.68. The smallest absolute Gasteiger partial charge is 0.293 e. The van der Waals surface area contributed by atoms with Crippen molar-refractivity contribution in [1.82, 2.24) is 4.90 Å². The molecule has 28 heavy (non-hydrogen) atoms. The van der Waals surface area contributed by atoms with Crippen LogP contribution >= 0.6 is 39.3 Å². The fraction of sp³-hybridized carbons (Fsp3) is 0.0500. The first-order chi connectivity index (χ1) is 13.3. The third-order valence-electron chi connectivity index (χ3n) is 3.79. The van der Waals surface area contributed by atoms with Gasteiger partial charge in [-0.1, -0.05) is 42.4 Å². The maximum absolute atomic E-state index is 12.7. The van der Waals surface area contributed by atoms with Crippen molar-refractivity contribution >= 4 is 68.1 Å². The van der Waals surface area contributed by atoms with Gasteiger partial charge < -0.3 is 5.32 Å². The molecule has 0 aromatic heterocycles. The van der Waals surface area contributed by atoms with Crippen LogP contribution in [0.5, 0.6) is 0 Å². The van der Waals surface area contributed by atoms with Crippen molar-refractivity contribution in [2.75, 3.05) is 5.32 Å². The molecule has 3 amide bonds. The Morgan fingerprint density at radius 2 is 1.96 bits per heavy atom. The maximum Gasteiger partial charge on any atom is 0.293 e. The number of hydrogen-bond acceptors (Lipinski definition) is 4. The third-order valence-corrected chi connectivity index (χ3v) is 5.29. The summed E-state index contributed by atoms with van der Waals surface area (Å²) in [6.07, 6.45) is 1.63. The van der Waals surface area contributed by atoms with E-state index in [0.717, 1.165) is 17.3 Å². The van der Waals surface area contributed by atoms with Crippen LogP contribution in [0.15, 0.2) is 64.5 Å². The normalized spacial score (nSPS) is 15.2. The highest BCUT2D eigenvalue weighted by molar-refractivity contribution is 9.12. The van der Waals surface area contributed by atoms with E-state index in [1.807, 2.05) is 6.07 Å². The number of nitrogens with zero attached hydrogens (tertiary/aromatic N) is 1. The molecule has 8 heteroatoms. The number of thioether (sulfide) groups is 1. The Kier molecular flexibility index (Phi) is 6.39. The van der Waals surface area contributed by atoms with Crippen LogP contribution in [0, 0.1) is 0 Å². The van der Waals surface area contributed by atoms with E-state index in [2.05, 4.69) is 27.8 Å². The zero-order chi connectivity index (χ0) is 20.3. The van der Waals surface area contributed by atoms with Crippen molar-refractivity contribution in [3.8, 4) is 0 Å². The van der Waals surface area contributed by atoms with Crippen molar-refractivity contribution < 1.29 is 14.4 Å². The van der Waals surface area contributed by atoms with Gasteiger partial charge in [0.25, 0.3) is 17.1 Å². The number of hydrogen-bond donors (Lipinski definition) is 1. The predicted octanol–water partition coefficient (Wildman–Crippen LogP) is 5.42. The van der Waals surface area contributed by atoms with Crippen LogP contribution in [0.4, 0.5) is 10.5 Å². The fourth-order valence-corrected chi connectivity index (χ4v) is 3.66. The zero-order valence-electron chi connectivity index (χ0n) is 14.4. The topological polar surface area (TPSA) is 66.5 Å². The minimum atomic E-state index is -0.363. The largest absolute Gasteiger partial charge is 0.322 e. The van der Waals surface area contributed by atoms with Crippen LogP contribution in [0.25, 0.3) is 6.08 Å². The summed E-state index contributed by atoms with van der Waals surface area (Å²) in [4.78, 5) is 38.2. The monoisotopic (exact) mass is 476 g/mol. The number of rotatable bonds is 5. The van der Waals surface area contributed by atoms with E-state index in [4.69, 9.17) is 11.6 Å². The Morgan fingerprint density at radius 1 is 1.21 bits per heavy atom. The third kappa shape index (κ3) is 4.92. The Morgan fingerprint density at radius 3 is 2.68 bits per heavy atom. The number of carbonyl (C=O) groups is 3. The number of carbonyl (C=O) groups excluding carboxylic acids is 3. The number of nitrogens with one attached hydrogen (secondary N) is 1. The van der Waals surface area contributed by atoms with Gasteiger partial charge in [-0.25, -0.2) is 0 Å². The van der Waals surface area contributed by atoms with Gasteiger partial charge in [0.05, 0.1) is 15.9 Å². The molecule has 1 saturated heterocycles. The van der Waals surface area contributed by atoms with Crippen LogP contribution < -0.4 is 5.32 Å². The number of benzene rings is 2. The highest BCUT2D eigenvalue weighted by atomic mass is 79.9. The molecule has 3 rings (SSSR count). The summed E-state index contributed by atoms with van der Waals surface area (Å²) in [5, 5.41) is 2.89. The van der Waals surface area contributed by atoms with Gasteiger partial charge in [0.1, 0.15) is 0 Å². The van der Waals surface area contributed by atoms with Crippen molar-refractivity contribution in [3.63, 3.8) is 0 Å². The SMILES string of the molecule is C=C(Br)C(=O)Nc1cccc(/C=C2\SC(=O)N(Cc3cccc(Cl)c3)C2=O)c1. The lowest BCUT2D eigenvalue weighted by Gasteiger charge is -2.12. The molecule has 1 fully saturated rings. The highest BCUT2D eigenvalue weighted by Gasteiger charge is 2.35. The van der Waals surface area contributed by atoms with Crippen LogP contribution in [-0.2, 0) is 16.1 Å². The second-order valence-corrected chi connectivity index (χ2v) is 8.27. The maximum atomic E-state index is 12.7. The molecule has 0 aliphatic carbocycles. The first-order valence-electron chi connectivity index (χ1n) is 8.09. The summed E-state index contributed by atoms with van der Waals surface area (Å²) in [6, 6.07) is 14.0. The molecule has 2 aromatic rings. The lowest BCUT2D eigenvalue weighted by Crippen LogP contribution is -2.27. The second kappa shape index (κ2) is 8.77. The summed E-state index contributed by atoms with van der Waals surface area (Å²) in [7, 11) is 0. The molecule has 1 N–H and O–H groups in total. The van der Waals surface area contributed by atoms with Gasteiger partial charge in [-0.05, 0) is 69.2 Å². The van der Waals surface area contributed by atoms with E-state index < -0.39 is 0 Å². The van der Waals surface area contributed by atoms with Crippen LogP contribution in [-0.4, -0.2) is 22.0 Å². The van der Waals surface area contributed by atoms with E-state index in [-0.39, 0.29) is 28.1 Å². The van der Waals surface area contributed by atoms with Gasteiger partial charge in [0.15, 0.2) is 0 Å². The number of imide groups is 1. The van der Waals surface area contributed by atoms with Crippen LogP contribution in [0.2, 0.25) is 5.02 Å². The Bertz CT molecular complexity index is 1020. The molecule has 0 bridgehead atoms. The molecule has 0 unspecified atom stereocenters. The average Bonchev–Trinajstić information content (AvgIpc) is 2.89. The van der Waals surface area contributed by atoms with Crippen molar-refractivity contribution in [2.24, 2.45) is 0 Å². The first kappa shape index (κ1) is 20.4. The van der Waals surface area contributed by atoms with Crippen LogP contribution in [0.1, 0.15) is 11.1 Å². The van der Waals surface area contributed by atoms with Gasteiger partial charge >= 0.3 is 0 Å². The van der Waals surface area contributed by atoms with Gasteiger partial charge in [0.2, 0.25) is 0 Å². The van der Waals surface area contributed by atoms with E-state index in [1.54, 1.807) is 48.5 Å². The standard InChI is InChI=1S/C20H14BrClN2O3S/c1-12(21)18(25)23-16-7-3-4-13(9-16)10-17-19(26)24(20(27)28-17)11-14-5-2-6-15(22)8-14/h2-10H,1,11H2,(H,23,25)/b17-10-. The van der Waals surface area contributed by atoms with E-state index in [0.29, 0.717) is 21.2 Å². The quantitative estimate of drug-likeness (QED) is 0.584. The van der Waals surface area contributed by atoms with Crippen molar-refractivity contribution in [2.45, 2.75) is 6.54 Å². The number of amides is 3.